The minimum absolute atomic E-state index is 0.370. The molecule has 0 bridgehead atoms. The Balaban J connectivity index is 2.50. The third kappa shape index (κ3) is 2.93. The molecule has 0 aromatic heterocycles. The van der Waals surface area contributed by atoms with Gasteiger partial charge in [0, 0.05) is 6.21 Å². The monoisotopic (exact) mass is 150 g/mol. The number of benzene rings is 1. The molecule has 0 aliphatic heterocycles. The molecule has 1 aromatic carbocycles. The number of rotatable bonds is 3. The lowest BCUT2D eigenvalue weighted by molar-refractivity contribution is 0.184. The van der Waals surface area contributed by atoms with Crippen molar-refractivity contribution in [2.75, 3.05) is 6.54 Å². The van der Waals surface area contributed by atoms with Crippen molar-refractivity contribution in [3.05, 3.63) is 30.3 Å². The van der Waals surface area contributed by atoms with Crippen molar-refractivity contribution in [1.82, 2.24) is 5.48 Å². The highest BCUT2D eigenvalue weighted by Gasteiger charge is 1.81. The molecule has 58 valence electrons. The van der Waals surface area contributed by atoms with Crippen LogP contribution in [0.2, 0.25) is 0 Å². The first-order chi connectivity index (χ1) is 5.43. The maximum atomic E-state index is 8.20. The highest BCUT2D eigenvalue weighted by atomic mass is 16.5. The Morgan fingerprint density at radius 1 is 1.36 bits per heavy atom. The van der Waals surface area contributed by atoms with E-state index in [1.807, 2.05) is 35.8 Å². The average molecular weight is 150 g/mol. The smallest absolute Gasteiger partial charge is 0.0626 e. The van der Waals surface area contributed by atoms with E-state index in [2.05, 4.69) is 4.99 Å². The summed E-state index contributed by atoms with van der Waals surface area (Å²) in [6.45, 7) is 0.370. The number of aliphatic imine (C=N–C) groups is 1. The average Bonchev–Trinajstić information content (AvgIpc) is 2.07. The van der Waals surface area contributed by atoms with Crippen LogP contribution in [0.3, 0.4) is 0 Å². The first-order valence-corrected chi connectivity index (χ1v) is 3.38. The molecule has 3 heteroatoms. The lowest BCUT2D eigenvalue weighted by Crippen LogP contribution is -2.08. The highest BCUT2D eigenvalue weighted by molar-refractivity contribution is 5.64. The number of nitrogens with zero attached hydrogens (tertiary/aromatic N) is 1. The molecular weight excluding hydrogens is 140 g/mol. The van der Waals surface area contributed by atoms with Crippen molar-refractivity contribution in [3.63, 3.8) is 0 Å². The molecule has 0 aliphatic rings. The standard InChI is InChI=1S/C8H10N2O/c11-10-7-6-9-8-4-2-1-3-5-8/h1-6,10-11H,7H2. The second kappa shape index (κ2) is 4.60. The van der Waals surface area contributed by atoms with E-state index in [1.165, 1.54) is 0 Å². The molecule has 0 heterocycles. The van der Waals surface area contributed by atoms with Gasteiger partial charge in [-0.3, -0.25) is 4.99 Å². The van der Waals surface area contributed by atoms with Gasteiger partial charge in [-0.15, -0.1) is 0 Å². The lowest BCUT2D eigenvalue weighted by atomic mass is 10.3. The largest absolute Gasteiger partial charge is 0.316 e. The first-order valence-electron chi connectivity index (χ1n) is 3.38. The molecule has 0 saturated carbocycles. The van der Waals surface area contributed by atoms with Gasteiger partial charge < -0.3 is 5.21 Å². The summed E-state index contributed by atoms with van der Waals surface area (Å²) in [5, 5.41) is 8.20. The van der Waals surface area contributed by atoms with Crippen LogP contribution in [-0.4, -0.2) is 18.0 Å². The summed E-state index contributed by atoms with van der Waals surface area (Å²) >= 11 is 0. The van der Waals surface area contributed by atoms with Crippen LogP contribution in [0.4, 0.5) is 5.69 Å². The van der Waals surface area contributed by atoms with Gasteiger partial charge >= 0.3 is 0 Å². The van der Waals surface area contributed by atoms with Crippen LogP contribution >= 0.6 is 0 Å². The quantitative estimate of drug-likeness (QED) is 0.505. The number of hydrogen-bond donors (Lipinski definition) is 2. The van der Waals surface area contributed by atoms with Gasteiger partial charge in [0.2, 0.25) is 0 Å². The molecule has 0 radical (unpaired) electrons. The minimum atomic E-state index is 0.370. The molecular formula is C8H10N2O. The molecule has 11 heavy (non-hydrogen) atoms. The second-order valence-corrected chi connectivity index (χ2v) is 2.01. The summed E-state index contributed by atoms with van der Waals surface area (Å²) in [5.74, 6) is 0. The zero-order valence-electron chi connectivity index (χ0n) is 6.07. The fourth-order valence-corrected chi connectivity index (χ4v) is 0.706. The maximum Gasteiger partial charge on any atom is 0.0626 e. The Labute approximate surface area is 65.4 Å². The summed E-state index contributed by atoms with van der Waals surface area (Å²) in [4.78, 5) is 4.05. The van der Waals surface area contributed by atoms with Crippen LogP contribution in [0.25, 0.3) is 0 Å². The van der Waals surface area contributed by atoms with Crippen molar-refractivity contribution in [2.24, 2.45) is 4.99 Å². The summed E-state index contributed by atoms with van der Waals surface area (Å²) in [7, 11) is 0. The number of para-hydroxylation sites is 1. The van der Waals surface area contributed by atoms with Crippen LogP contribution < -0.4 is 5.48 Å². The normalized spacial score (nSPS) is 10.6. The van der Waals surface area contributed by atoms with Crippen molar-refractivity contribution in [3.8, 4) is 0 Å². The van der Waals surface area contributed by atoms with E-state index < -0.39 is 0 Å². The molecule has 0 amide bonds. The van der Waals surface area contributed by atoms with Gasteiger partial charge in [-0.25, -0.2) is 5.48 Å². The van der Waals surface area contributed by atoms with Crippen molar-refractivity contribution >= 4 is 11.9 Å². The van der Waals surface area contributed by atoms with E-state index in [4.69, 9.17) is 5.21 Å². The zero-order chi connectivity index (χ0) is 7.94. The predicted molar refractivity (Wildman–Crippen MR) is 44.4 cm³/mol. The Morgan fingerprint density at radius 2 is 2.09 bits per heavy atom. The van der Waals surface area contributed by atoms with Crippen LogP contribution in [0.5, 0.6) is 0 Å². The number of hydroxylamine groups is 1. The summed E-state index contributed by atoms with van der Waals surface area (Å²) in [6.07, 6.45) is 1.61. The van der Waals surface area contributed by atoms with Crippen LogP contribution in [0, 0.1) is 0 Å². The van der Waals surface area contributed by atoms with E-state index in [1.54, 1.807) is 6.21 Å². The van der Waals surface area contributed by atoms with Gasteiger partial charge in [0.25, 0.3) is 0 Å². The molecule has 0 spiro atoms. The number of hydrogen-bond acceptors (Lipinski definition) is 3. The van der Waals surface area contributed by atoms with Crippen molar-refractivity contribution in [2.45, 2.75) is 0 Å². The Hall–Kier alpha value is -1.19. The fraction of sp³-hybridized carbons (Fsp3) is 0.125. The molecule has 0 atom stereocenters. The Kier molecular flexibility index (Phi) is 3.31. The van der Waals surface area contributed by atoms with Crippen LogP contribution in [-0.2, 0) is 0 Å². The molecule has 0 fully saturated rings. The topological polar surface area (TPSA) is 44.6 Å². The summed E-state index contributed by atoms with van der Waals surface area (Å²) in [6, 6.07) is 9.56. The summed E-state index contributed by atoms with van der Waals surface area (Å²) in [5.41, 5.74) is 2.88. The van der Waals surface area contributed by atoms with Crippen molar-refractivity contribution in [1.29, 1.82) is 0 Å². The third-order valence-corrected chi connectivity index (χ3v) is 1.18. The van der Waals surface area contributed by atoms with Gasteiger partial charge in [0.15, 0.2) is 0 Å². The van der Waals surface area contributed by atoms with Gasteiger partial charge in [0.1, 0.15) is 0 Å². The summed E-state index contributed by atoms with van der Waals surface area (Å²) < 4.78 is 0. The first kappa shape index (κ1) is 7.91. The Morgan fingerprint density at radius 3 is 2.73 bits per heavy atom. The minimum Gasteiger partial charge on any atom is -0.316 e. The van der Waals surface area contributed by atoms with E-state index in [0.717, 1.165) is 5.69 Å². The zero-order valence-corrected chi connectivity index (χ0v) is 6.07. The molecule has 0 unspecified atom stereocenters. The van der Waals surface area contributed by atoms with Gasteiger partial charge in [-0.2, -0.15) is 0 Å². The van der Waals surface area contributed by atoms with Gasteiger partial charge in [-0.1, -0.05) is 18.2 Å². The molecule has 2 N–H and O–H groups in total. The molecule has 0 aliphatic carbocycles. The molecule has 1 rings (SSSR count). The van der Waals surface area contributed by atoms with Gasteiger partial charge in [0.05, 0.1) is 12.2 Å². The van der Waals surface area contributed by atoms with E-state index in [-0.39, 0.29) is 0 Å². The maximum absolute atomic E-state index is 8.20. The van der Waals surface area contributed by atoms with E-state index in [9.17, 15) is 0 Å². The van der Waals surface area contributed by atoms with E-state index in [0.29, 0.717) is 6.54 Å². The van der Waals surface area contributed by atoms with Gasteiger partial charge in [-0.05, 0) is 12.1 Å². The molecule has 3 nitrogen and oxygen atoms in total. The van der Waals surface area contributed by atoms with Crippen LogP contribution in [0.1, 0.15) is 0 Å². The predicted octanol–water partition coefficient (Wildman–Crippen LogP) is 1.37. The fourth-order valence-electron chi connectivity index (χ4n) is 0.706. The van der Waals surface area contributed by atoms with Crippen molar-refractivity contribution < 1.29 is 5.21 Å². The van der Waals surface area contributed by atoms with E-state index >= 15 is 0 Å². The second-order valence-electron chi connectivity index (χ2n) is 2.01. The number of nitrogens with one attached hydrogen (secondary N) is 1. The molecule has 1 aromatic rings. The van der Waals surface area contributed by atoms with Crippen LogP contribution in [0.15, 0.2) is 35.3 Å². The third-order valence-electron chi connectivity index (χ3n) is 1.18. The lowest BCUT2D eigenvalue weighted by Gasteiger charge is -1.90. The Bertz CT molecular complexity index is 221. The SMILES string of the molecule is ONCC=Nc1ccccc1. The molecule has 0 saturated heterocycles. The highest BCUT2D eigenvalue weighted by Crippen LogP contribution is 2.07.